The summed E-state index contributed by atoms with van der Waals surface area (Å²) in [5.41, 5.74) is 1.29. The Kier molecular flexibility index (Phi) is 4.35. The van der Waals surface area contributed by atoms with Gasteiger partial charge in [0.25, 0.3) is 0 Å². The van der Waals surface area contributed by atoms with Crippen molar-refractivity contribution in [2.45, 2.75) is 33.6 Å². The molecule has 0 heterocycles. The first-order valence-corrected chi connectivity index (χ1v) is 5.35. The molecule has 0 aliphatic carbocycles. The molecule has 0 spiro atoms. The Labute approximate surface area is 91.3 Å². The van der Waals surface area contributed by atoms with Gasteiger partial charge in [0.15, 0.2) is 0 Å². The molecule has 0 atom stereocenters. The molecule has 2 heteroatoms. The Bertz CT molecular complexity index is 312. The molecule has 0 saturated carbocycles. The van der Waals surface area contributed by atoms with E-state index in [0.717, 1.165) is 12.3 Å². The zero-order valence-corrected chi connectivity index (χ0v) is 9.62. The fourth-order valence-electron chi connectivity index (χ4n) is 1.35. The summed E-state index contributed by atoms with van der Waals surface area (Å²) in [6.07, 6.45) is 2.27. The van der Waals surface area contributed by atoms with Gasteiger partial charge in [-0.3, -0.25) is 4.79 Å². The summed E-state index contributed by atoms with van der Waals surface area (Å²) in [4.78, 5) is 10.7. The normalized spacial score (nSPS) is 10.4. The van der Waals surface area contributed by atoms with Gasteiger partial charge in [0.1, 0.15) is 5.75 Å². The minimum Gasteiger partial charge on any atom is -0.427 e. The Morgan fingerprint density at radius 2 is 1.87 bits per heavy atom. The van der Waals surface area contributed by atoms with Crippen LogP contribution >= 0.6 is 0 Å². The number of rotatable bonds is 4. The van der Waals surface area contributed by atoms with Gasteiger partial charge in [-0.1, -0.05) is 26.0 Å². The molecule has 0 saturated heterocycles. The molecule has 0 radical (unpaired) electrons. The maximum absolute atomic E-state index is 10.7. The molecule has 1 aromatic carbocycles. The molecule has 1 aromatic rings. The van der Waals surface area contributed by atoms with Gasteiger partial charge < -0.3 is 4.74 Å². The molecular weight excluding hydrogens is 188 g/mol. The molecule has 0 bridgehead atoms. The van der Waals surface area contributed by atoms with Crippen LogP contribution in [0.2, 0.25) is 0 Å². The van der Waals surface area contributed by atoms with Gasteiger partial charge in [0, 0.05) is 6.92 Å². The third kappa shape index (κ3) is 4.63. The molecule has 0 aliphatic rings. The zero-order chi connectivity index (χ0) is 11.3. The molecule has 0 amide bonds. The van der Waals surface area contributed by atoms with Crippen LogP contribution in [-0.2, 0) is 11.2 Å². The largest absolute Gasteiger partial charge is 0.427 e. The molecule has 0 aliphatic heterocycles. The van der Waals surface area contributed by atoms with Crippen molar-refractivity contribution in [2.24, 2.45) is 5.92 Å². The third-order valence-corrected chi connectivity index (χ3v) is 2.20. The summed E-state index contributed by atoms with van der Waals surface area (Å²) in [5, 5.41) is 0. The van der Waals surface area contributed by atoms with E-state index in [0.29, 0.717) is 5.75 Å². The van der Waals surface area contributed by atoms with Crippen LogP contribution in [0.4, 0.5) is 0 Å². The maximum Gasteiger partial charge on any atom is 0.308 e. The van der Waals surface area contributed by atoms with Crippen molar-refractivity contribution in [1.29, 1.82) is 0 Å². The van der Waals surface area contributed by atoms with Gasteiger partial charge in [-0.05, 0) is 36.5 Å². The van der Waals surface area contributed by atoms with Crippen molar-refractivity contribution in [3.8, 4) is 5.75 Å². The van der Waals surface area contributed by atoms with Crippen LogP contribution in [0.3, 0.4) is 0 Å². The topological polar surface area (TPSA) is 26.3 Å². The second-order valence-electron chi connectivity index (χ2n) is 4.17. The van der Waals surface area contributed by atoms with E-state index in [4.69, 9.17) is 4.74 Å². The number of carbonyl (C=O) groups excluding carboxylic acids is 1. The van der Waals surface area contributed by atoms with E-state index in [1.54, 1.807) is 0 Å². The maximum atomic E-state index is 10.7. The van der Waals surface area contributed by atoms with Crippen molar-refractivity contribution in [3.63, 3.8) is 0 Å². The van der Waals surface area contributed by atoms with Crippen LogP contribution in [-0.4, -0.2) is 5.97 Å². The average Bonchev–Trinajstić information content (AvgIpc) is 2.16. The SMILES string of the molecule is CC(=O)Oc1ccc(CCC(C)C)cc1. The summed E-state index contributed by atoms with van der Waals surface area (Å²) in [6, 6.07) is 7.72. The summed E-state index contributed by atoms with van der Waals surface area (Å²) in [7, 11) is 0. The van der Waals surface area contributed by atoms with Crippen LogP contribution in [0, 0.1) is 5.92 Å². The first-order chi connectivity index (χ1) is 7.08. The van der Waals surface area contributed by atoms with Gasteiger partial charge in [0.2, 0.25) is 0 Å². The Balaban J connectivity index is 2.52. The van der Waals surface area contributed by atoms with E-state index < -0.39 is 0 Å². The lowest BCUT2D eigenvalue weighted by atomic mass is 10.0. The van der Waals surface area contributed by atoms with Gasteiger partial charge in [-0.2, -0.15) is 0 Å². The van der Waals surface area contributed by atoms with Crippen molar-refractivity contribution in [1.82, 2.24) is 0 Å². The predicted octanol–water partition coefficient (Wildman–Crippen LogP) is 3.20. The number of hydrogen-bond acceptors (Lipinski definition) is 2. The zero-order valence-electron chi connectivity index (χ0n) is 9.62. The minimum atomic E-state index is -0.273. The standard InChI is InChI=1S/C13H18O2/c1-10(2)4-5-12-6-8-13(9-7-12)15-11(3)14/h6-10H,4-5H2,1-3H3. The number of benzene rings is 1. The van der Waals surface area contributed by atoms with E-state index in [2.05, 4.69) is 13.8 Å². The second-order valence-corrected chi connectivity index (χ2v) is 4.17. The fourth-order valence-corrected chi connectivity index (χ4v) is 1.35. The summed E-state index contributed by atoms with van der Waals surface area (Å²) >= 11 is 0. The fraction of sp³-hybridized carbons (Fsp3) is 0.462. The van der Waals surface area contributed by atoms with E-state index in [-0.39, 0.29) is 5.97 Å². The number of hydrogen-bond donors (Lipinski definition) is 0. The molecule has 0 unspecified atom stereocenters. The predicted molar refractivity (Wildman–Crippen MR) is 60.9 cm³/mol. The van der Waals surface area contributed by atoms with Crippen LogP contribution in [0.5, 0.6) is 5.75 Å². The highest BCUT2D eigenvalue weighted by atomic mass is 16.5. The van der Waals surface area contributed by atoms with Crippen molar-refractivity contribution in [3.05, 3.63) is 29.8 Å². The molecule has 82 valence electrons. The van der Waals surface area contributed by atoms with Crippen molar-refractivity contribution in [2.75, 3.05) is 0 Å². The van der Waals surface area contributed by atoms with Crippen molar-refractivity contribution >= 4 is 5.97 Å². The Morgan fingerprint density at radius 1 is 1.27 bits per heavy atom. The molecular formula is C13H18O2. The van der Waals surface area contributed by atoms with E-state index in [1.165, 1.54) is 18.9 Å². The average molecular weight is 206 g/mol. The smallest absolute Gasteiger partial charge is 0.308 e. The summed E-state index contributed by atoms with van der Waals surface area (Å²) < 4.78 is 4.96. The summed E-state index contributed by atoms with van der Waals surface area (Å²) in [6.45, 7) is 5.84. The minimum absolute atomic E-state index is 0.273. The molecule has 15 heavy (non-hydrogen) atoms. The first-order valence-electron chi connectivity index (χ1n) is 5.35. The second kappa shape index (κ2) is 5.54. The molecule has 0 N–H and O–H groups in total. The van der Waals surface area contributed by atoms with Gasteiger partial charge in [-0.25, -0.2) is 0 Å². The van der Waals surface area contributed by atoms with Crippen LogP contribution in [0.1, 0.15) is 32.8 Å². The highest BCUT2D eigenvalue weighted by Crippen LogP contribution is 2.15. The van der Waals surface area contributed by atoms with Gasteiger partial charge >= 0.3 is 5.97 Å². The summed E-state index contributed by atoms with van der Waals surface area (Å²) in [5.74, 6) is 1.07. The number of carbonyl (C=O) groups is 1. The van der Waals surface area contributed by atoms with Crippen molar-refractivity contribution < 1.29 is 9.53 Å². The van der Waals surface area contributed by atoms with E-state index >= 15 is 0 Å². The van der Waals surface area contributed by atoms with E-state index in [1.807, 2.05) is 24.3 Å². The highest BCUT2D eigenvalue weighted by molar-refractivity contribution is 5.69. The van der Waals surface area contributed by atoms with E-state index in [9.17, 15) is 4.79 Å². The Hall–Kier alpha value is -1.31. The lowest BCUT2D eigenvalue weighted by molar-refractivity contribution is -0.131. The number of esters is 1. The van der Waals surface area contributed by atoms with Crippen LogP contribution in [0.25, 0.3) is 0 Å². The monoisotopic (exact) mass is 206 g/mol. The number of aryl methyl sites for hydroxylation is 1. The van der Waals surface area contributed by atoms with Crippen LogP contribution in [0.15, 0.2) is 24.3 Å². The van der Waals surface area contributed by atoms with Gasteiger partial charge in [0.05, 0.1) is 0 Å². The van der Waals surface area contributed by atoms with Crippen LogP contribution < -0.4 is 4.74 Å². The highest BCUT2D eigenvalue weighted by Gasteiger charge is 1.99. The number of ether oxygens (including phenoxy) is 1. The first kappa shape index (κ1) is 11.8. The molecule has 0 aromatic heterocycles. The molecule has 0 fully saturated rings. The molecule has 2 nitrogen and oxygen atoms in total. The molecule has 1 rings (SSSR count). The third-order valence-electron chi connectivity index (χ3n) is 2.20. The lowest BCUT2D eigenvalue weighted by Crippen LogP contribution is -2.01. The Morgan fingerprint density at radius 3 is 2.33 bits per heavy atom. The quantitative estimate of drug-likeness (QED) is 0.558. The lowest BCUT2D eigenvalue weighted by Gasteiger charge is -2.05. The van der Waals surface area contributed by atoms with Gasteiger partial charge in [-0.15, -0.1) is 0 Å².